The van der Waals surface area contributed by atoms with Crippen LogP contribution >= 0.6 is 0 Å². The molecule has 1 aromatic heterocycles. The van der Waals surface area contributed by atoms with Gasteiger partial charge in [-0.25, -0.2) is 18.0 Å². The van der Waals surface area contributed by atoms with Crippen LogP contribution in [0.15, 0.2) is 18.5 Å². The third kappa shape index (κ3) is 6.70. The summed E-state index contributed by atoms with van der Waals surface area (Å²) in [6.45, 7) is 1.79. The number of aromatic nitrogens is 1. The molecule has 1 atom stereocenters. The molecule has 116 valence electrons. The summed E-state index contributed by atoms with van der Waals surface area (Å²) in [4.78, 5) is 26.6. The Morgan fingerprint density at radius 1 is 1.38 bits per heavy atom. The molecule has 0 spiro atoms. The molecule has 0 radical (unpaired) electrons. The summed E-state index contributed by atoms with van der Waals surface area (Å²) < 4.78 is 22.1. The van der Waals surface area contributed by atoms with Crippen molar-refractivity contribution < 1.29 is 23.1 Å². The van der Waals surface area contributed by atoms with Gasteiger partial charge in [-0.05, 0) is 25.0 Å². The largest absolute Gasteiger partial charge is 0.480 e. The summed E-state index contributed by atoms with van der Waals surface area (Å²) in [6.07, 6.45) is 3.83. The van der Waals surface area contributed by atoms with Crippen LogP contribution in [0.1, 0.15) is 12.0 Å². The lowest BCUT2D eigenvalue weighted by atomic mass is 10.2. The van der Waals surface area contributed by atoms with E-state index in [-0.39, 0.29) is 12.2 Å². The third-order valence-corrected chi connectivity index (χ3v) is 3.49. The van der Waals surface area contributed by atoms with Crippen molar-refractivity contribution >= 4 is 27.5 Å². The molecule has 0 saturated carbocycles. The number of rotatable bonds is 6. The Hall–Kier alpha value is -2.16. The quantitative estimate of drug-likeness (QED) is 0.697. The number of nitrogens with zero attached hydrogens (tertiary/aromatic N) is 1. The lowest BCUT2D eigenvalue weighted by Crippen LogP contribution is -2.43. The number of carboxylic acids is 1. The lowest BCUT2D eigenvalue weighted by molar-refractivity contribution is -0.139. The Kier molecular flexibility index (Phi) is 5.65. The first-order chi connectivity index (χ1) is 9.67. The zero-order valence-electron chi connectivity index (χ0n) is 11.7. The van der Waals surface area contributed by atoms with Crippen LogP contribution in [-0.4, -0.2) is 48.6 Å². The van der Waals surface area contributed by atoms with Gasteiger partial charge in [-0.3, -0.25) is 4.98 Å². The molecule has 0 aliphatic heterocycles. The molecular formula is C12H17N3O5S. The molecule has 0 aliphatic rings. The number of carbonyl (C=O) groups excluding carboxylic acids is 1. The highest BCUT2D eigenvalue weighted by Crippen LogP contribution is 2.07. The van der Waals surface area contributed by atoms with Crippen molar-refractivity contribution in [2.24, 2.45) is 0 Å². The second-order valence-corrected chi connectivity index (χ2v) is 6.92. The molecule has 0 aromatic carbocycles. The van der Waals surface area contributed by atoms with Gasteiger partial charge in [0.05, 0.1) is 17.6 Å². The van der Waals surface area contributed by atoms with E-state index >= 15 is 0 Å². The van der Waals surface area contributed by atoms with Crippen molar-refractivity contribution in [3.63, 3.8) is 0 Å². The van der Waals surface area contributed by atoms with Crippen LogP contribution in [0.25, 0.3) is 0 Å². The van der Waals surface area contributed by atoms with Crippen molar-refractivity contribution in [1.82, 2.24) is 10.3 Å². The van der Waals surface area contributed by atoms with Gasteiger partial charge in [0.2, 0.25) is 0 Å². The molecule has 9 heteroatoms. The maximum atomic E-state index is 11.7. The van der Waals surface area contributed by atoms with Gasteiger partial charge in [-0.2, -0.15) is 0 Å². The number of anilines is 1. The van der Waals surface area contributed by atoms with Crippen LogP contribution in [0.2, 0.25) is 0 Å². The summed E-state index contributed by atoms with van der Waals surface area (Å²) in [6, 6.07) is -0.348. The van der Waals surface area contributed by atoms with Crippen molar-refractivity contribution in [3.8, 4) is 0 Å². The number of pyridine rings is 1. The van der Waals surface area contributed by atoms with Crippen molar-refractivity contribution in [2.75, 3.05) is 17.3 Å². The second kappa shape index (κ2) is 7.02. The molecule has 21 heavy (non-hydrogen) atoms. The molecule has 0 fully saturated rings. The van der Waals surface area contributed by atoms with Gasteiger partial charge >= 0.3 is 12.0 Å². The van der Waals surface area contributed by atoms with E-state index in [1.54, 1.807) is 19.2 Å². The normalized spacial score (nSPS) is 12.5. The van der Waals surface area contributed by atoms with Gasteiger partial charge in [0.15, 0.2) is 0 Å². The van der Waals surface area contributed by atoms with Gasteiger partial charge in [0.1, 0.15) is 15.9 Å². The van der Waals surface area contributed by atoms with E-state index in [9.17, 15) is 18.0 Å². The number of urea groups is 1. The number of hydrogen-bond donors (Lipinski definition) is 3. The van der Waals surface area contributed by atoms with Gasteiger partial charge in [-0.15, -0.1) is 0 Å². The van der Waals surface area contributed by atoms with Crippen LogP contribution in [0.4, 0.5) is 10.5 Å². The highest BCUT2D eigenvalue weighted by molar-refractivity contribution is 7.90. The molecule has 0 aliphatic carbocycles. The van der Waals surface area contributed by atoms with E-state index in [1.807, 2.05) is 0 Å². The van der Waals surface area contributed by atoms with Crippen LogP contribution in [-0.2, 0) is 14.6 Å². The number of carbonyl (C=O) groups is 2. The maximum Gasteiger partial charge on any atom is 0.326 e. The topological polar surface area (TPSA) is 125 Å². The summed E-state index contributed by atoms with van der Waals surface area (Å²) >= 11 is 0. The van der Waals surface area contributed by atoms with Crippen molar-refractivity contribution in [3.05, 3.63) is 24.0 Å². The first-order valence-electron chi connectivity index (χ1n) is 6.07. The minimum Gasteiger partial charge on any atom is -0.480 e. The molecule has 1 heterocycles. The smallest absolute Gasteiger partial charge is 0.326 e. The number of hydrogen-bond acceptors (Lipinski definition) is 5. The average molecular weight is 315 g/mol. The molecule has 8 nitrogen and oxygen atoms in total. The number of carboxylic acid groups (broad SMARTS) is 1. The SMILES string of the molecule is Cc1cncc(NC(=O)NC(CCS(C)(=O)=O)C(=O)O)c1. The fraction of sp³-hybridized carbons (Fsp3) is 0.417. The Labute approximate surface area is 122 Å². The van der Waals surface area contributed by atoms with E-state index in [2.05, 4.69) is 15.6 Å². The number of nitrogens with one attached hydrogen (secondary N) is 2. The zero-order valence-corrected chi connectivity index (χ0v) is 12.5. The van der Waals surface area contributed by atoms with Crippen LogP contribution in [0.5, 0.6) is 0 Å². The summed E-state index contributed by atoms with van der Waals surface area (Å²) in [5, 5.41) is 13.6. The zero-order chi connectivity index (χ0) is 16.0. The number of amides is 2. The number of sulfone groups is 1. The summed E-state index contributed by atoms with van der Waals surface area (Å²) in [5.41, 5.74) is 1.25. The minimum atomic E-state index is -3.30. The van der Waals surface area contributed by atoms with Crippen molar-refractivity contribution in [1.29, 1.82) is 0 Å². The standard InChI is InChI=1S/C12H17N3O5S/c1-8-5-9(7-13-6-8)14-12(18)15-10(11(16)17)3-4-21(2,19)20/h5-7,10H,3-4H2,1-2H3,(H,16,17)(H2,14,15,18). The van der Waals surface area contributed by atoms with E-state index < -0.39 is 27.9 Å². The van der Waals surface area contributed by atoms with E-state index in [0.717, 1.165) is 11.8 Å². The molecule has 2 amide bonds. The Bertz CT molecular complexity index is 630. The molecule has 3 N–H and O–H groups in total. The molecule has 0 bridgehead atoms. The summed E-state index contributed by atoms with van der Waals surface area (Å²) in [7, 11) is -3.30. The number of aryl methyl sites for hydroxylation is 1. The lowest BCUT2D eigenvalue weighted by Gasteiger charge is -2.14. The summed E-state index contributed by atoms with van der Waals surface area (Å²) in [5.74, 6) is -1.62. The van der Waals surface area contributed by atoms with Gasteiger partial charge in [0.25, 0.3) is 0 Å². The fourth-order valence-electron chi connectivity index (χ4n) is 1.54. The number of aliphatic carboxylic acids is 1. The monoisotopic (exact) mass is 315 g/mol. The third-order valence-electron chi connectivity index (χ3n) is 2.51. The predicted molar refractivity (Wildman–Crippen MR) is 76.9 cm³/mol. The molecule has 1 rings (SSSR count). The Morgan fingerprint density at radius 3 is 2.57 bits per heavy atom. The van der Waals surface area contributed by atoms with Crippen LogP contribution < -0.4 is 10.6 Å². The van der Waals surface area contributed by atoms with E-state index in [0.29, 0.717) is 5.69 Å². The second-order valence-electron chi connectivity index (χ2n) is 4.66. The molecular weight excluding hydrogens is 298 g/mol. The first kappa shape index (κ1) is 16.9. The average Bonchev–Trinajstić information content (AvgIpc) is 2.32. The fourth-order valence-corrected chi connectivity index (χ4v) is 2.20. The highest BCUT2D eigenvalue weighted by Gasteiger charge is 2.21. The van der Waals surface area contributed by atoms with Gasteiger partial charge < -0.3 is 15.7 Å². The molecule has 1 unspecified atom stereocenters. The van der Waals surface area contributed by atoms with Gasteiger partial charge in [-0.1, -0.05) is 0 Å². The van der Waals surface area contributed by atoms with E-state index in [1.165, 1.54) is 6.20 Å². The Morgan fingerprint density at radius 2 is 2.05 bits per heavy atom. The highest BCUT2D eigenvalue weighted by atomic mass is 32.2. The van der Waals surface area contributed by atoms with Crippen LogP contribution in [0.3, 0.4) is 0 Å². The van der Waals surface area contributed by atoms with Crippen molar-refractivity contribution in [2.45, 2.75) is 19.4 Å². The predicted octanol–water partition coefficient (Wildman–Crippen LogP) is 0.399. The van der Waals surface area contributed by atoms with E-state index in [4.69, 9.17) is 5.11 Å². The molecule has 0 saturated heterocycles. The maximum absolute atomic E-state index is 11.7. The minimum absolute atomic E-state index is 0.201. The van der Waals surface area contributed by atoms with Crippen LogP contribution in [0, 0.1) is 6.92 Å². The first-order valence-corrected chi connectivity index (χ1v) is 8.13. The molecule has 1 aromatic rings. The Balaban J connectivity index is 2.62. The van der Waals surface area contributed by atoms with Gasteiger partial charge in [0, 0.05) is 12.5 Å².